The number of nitrogens with one attached hydrogen (secondary N) is 1. The van der Waals surface area contributed by atoms with E-state index < -0.39 is 10.0 Å². The van der Waals surface area contributed by atoms with Crippen molar-refractivity contribution in [3.8, 4) is 0 Å². The van der Waals surface area contributed by atoms with Gasteiger partial charge in [-0.3, -0.25) is 9.10 Å². The van der Waals surface area contributed by atoms with Crippen molar-refractivity contribution in [2.75, 3.05) is 17.6 Å². The van der Waals surface area contributed by atoms with Gasteiger partial charge >= 0.3 is 0 Å². The Morgan fingerprint density at radius 2 is 1.86 bits per heavy atom. The predicted octanol–water partition coefficient (Wildman–Crippen LogP) is 2.00. The molecule has 2 saturated carbocycles. The Bertz CT molecular complexity index is 669. The van der Waals surface area contributed by atoms with E-state index in [0.29, 0.717) is 23.2 Å². The van der Waals surface area contributed by atoms with Gasteiger partial charge in [0.2, 0.25) is 10.0 Å². The lowest BCUT2D eigenvalue weighted by Crippen LogP contribution is -2.38. The van der Waals surface area contributed by atoms with Gasteiger partial charge in [0.25, 0.3) is 5.91 Å². The Hall–Kier alpha value is -1.56. The Kier molecular flexibility index (Phi) is 3.89. The standard InChI is InChI=1S/C16H22N2O3S/c1-18(22(2,20)21)14-7-5-12(6-8-14)16(19)17-15-10-11-3-4-13(15)9-11/h5-8,11,13,15H,3-4,9-10H2,1-2H3,(H,17,19)/t11-,13-,15-/m1/s1. The molecule has 3 atom stereocenters. The van der Waals surface area contributed by atoms with Gasteiger partial charge in [0.1, 0.15) is 0 Å². The summed E-state index contributed by atoms with van der Waals surface area (Å²) in [6, 6.07) is 7.00. The number of benzene rings is 1. The topological polar surface area (TPSA) is 66.5 Å². The van der Waals surface area contributed by atoms with Crippen LogP contribution in [0.5, 0.6) is 0 Å². The number of hydrogen-bond donors (Lipinski definition) is 1. The third kappa shape index (κ3) is 2.97. The average Bonchev–Trinajstić information content (AvgIpc) is 3.08. The molecule has 0 saturated heterocycles. The lowest BCUT2D eigenvalue weighted by Gasteiger charge is -2.23. The summed E-state index contributed by atoms with van der Waals surface area (Å²) in [5.41, 5.74) is 1.13. The third-order valence-electron chi connectivity index (χ3n) is 5.05. The molecule has 0 radical (unpaired) electrons. The second kappa shape index (κ2) is 5.57. The molecule has 2 aliphatic carbocycles. The van der Waals surface area contributed by atoms with Crippen LogP contribution in [0.4, 0.5) is 5.69 Å². The normalized spacial score (nSPS) is 26.9. The first-order chi connectivity index (χ1) is 10.3. The molecule has 6 heteroatoms. The number of anilines is 1. The van der Waals surface area contributed by atoms with E-state index in [0.717, 1.165) is 18.6 Å². The van der Waals surface area contributed by atoms with Crippen LogP contribution in [-0.4, -0.2) is 33.7 Å². The molecule has 2 bridgehead atoms. The van der Waals surface area contributed by atoms with Gasteiger partial charge in [-0.1, -0.05) is 6.42 Å². The van der Waals surface area contributed by atoms with E-state index in [4.69, 9.17) is 0 Å². The quantitative estimate of drug-likeness (QED) is 0.922. The summed E-state index contributed by atoms with van der Waals surface area (Å²) in [6.45, 7) is 0. The first kappa shape index (κ1) is 15.3. The van der Waals surface area contributed by atoms with E-state index in [1.54, 1.807) is 24.3 Å². The third-order valence-corrected chi connectivity index (χ3v) is 6.25. The van der Waals surface area contributed by atoms with Gasteiger partial charge in [0, 0.05) is 18.7 Å². The molecule has 0 heterocycles. The van der Waals surface area contributed by atoms with Gasteiger partial charge in [-0.15, -0.1) is 0 Å². The predicted molar refractivity (Wildman–Crippen MR) is 86.4 cm³/mol. The molecular formula is C16H22N2O3S. The van der Waals surface area contributed by atoms with Crippen molar-refractivity contribution in [3.05, 3.63) is 29.8 Å². The van der Waals surface area contributed by atoms with Crippen molar-refractivity contribution < 1.29 is 13.2 Å². The molecule has 5 nitrogen and oxygen atoms in total. The van der Waals surface area contributed by atoms with Gasteiger partial charge in [-0.25, -0.2) is 8.42 Å². The number of rotatable bonds is 4. The fourth-order valence-electron chi connectivity index (χ4n) is 3.69. The number of amides is 1. The maximum absolute atomic E-state index is 12.3. The smallest absolute Gasteiger partial charge is 0.251 e. The summed E-state index contributed by atoms with van der Waals surface area (Å²) >= 11 is 0. The van der Waals surface area contributed by atoms with E-state index in [-0.39, 0.29) is 5.91 Å². The Morgan fingerprint density at radius 3 is 2.36 bits per heavy atom. The number of carbonyl (C=O) groups is 1. The van der Waals surface area contributed by atoms with Crippen molar-refractivity contribution in [2.45, 2.75) is 31.7 Å². The molecule has 1 aromatic rings. The van der Waals surface area contributed by atoms with Crippen molar-refractivity contribution >= 4 is 21.6 Å². The van der Waals surface area contributed by atoms with E-state index in [1.165, 1.54) is 30.6 Å². The zero-order chi connectivity index (χ0) is 15.9. The lowest BCUT2D eigenvalue weighted by atomic mass is 9.95. The minimum absolute atomic E-state index is 0.0638. The van der Waals surface area contributed by atoms with Crippen LogP contribution in [0.15, 0.2) is 24.3 Å². The highest BCUT2D eigenvalue weighted by Crippen LogP contribution is 2.44. The maximum atomic E-state index is 12.3. The number of sulfonamides is 1. The monoisotopic (exact) mass is 322 g/mol. The summed E-state index contributed by atoms with van der Waals surface area (Å²) in [4.78, 5) is 12.3. The van der Waals surface area contributed by atoms with Crippen molar-refractivity contribution in [1.82, 2.24) is 5.32 Å². The molecule has 120 valence electrons. The number of nitrogens with zero attached hydrogens (tertiary/aromatic N) is 1. The molecule has 0 aliphatic heterocycles. The van der Waals surface area contributed by atoms with Gasteiger partial charge in [-0.05, 0) is 55.4 Å². The fourth-order valence-corrected chi connectivity index (χ4v) is 4.19. The van der Waals surface area contributed by atoms with Crippen molar-refractivity contribution in [1.29, 1.82) is 0 Å². The molecule has 1 amide bonds. The molecule has 22 heavy (non-hydrogen) atoms. The Balaban J connectivity index is 1.66. The van der Waals surface area contributed by atoms with E-state index in [9.17, 15) is 13.2 Å². The molecule has 0 spiro atoms. The minimum Gasteiger partial charge on any atom is -0.349 e. The molecular weight excluding hydrogens is 300 g/mol. The summed E-state index contributed by atoms with van der Waals surface area (Å²) in [7, 11) is -1.78. The molecule has 2 fully saturated rings. The molecule has 1 N–H and O–H groups in total. The van der Waals surface area contributed by atoms with Gasteiger partial charge < -0.3 is 5.32 Å². The van der Waals surface area contributed by atoms with Crippen molar-refractivity contribution in [2.24, 2.45) is 11.8 Å². The van der Waals surface area contributed by atoms with Crippen LogP contribution >= 0.6 is 0 Å². The van der Waals surface area contributed by atoms with Crippen LogP contribution in [0.3, 0.4) is 0 Å². The summed E-state index contributed by atoms with van der Waals surface area (Å²) in [5.74, 6) is 1.37. The van der Waals surface area contributed by atoms with Gasteiger partial charge in [-0.2, -0.15) is 0 Å². The number of hydrogen-bond acceptors (Lipinski definition) is 3. The zero-order valence-electron chi connectivity index (χ0n) is 13.0. The van der Waals surface area contributed by atoms with E-state index in [2.05, 4.69) is 5.32 Å². The minimum atomic E-state index is -3.28. The Morgan fingerprint density at radius 1 is 1.18 bits per heavy atom. The highest BCUT2D eigenvalue weighted by Gasteiger charge is 2.40. The lowest BCUT2D eigenvalue weighted by molar-refractivity contribution is 0.0923. The van der Waals surface area contributed by atoms with Crippen LogP contribution in [0.25, 0.3) is 0 Å². The average molecular weight is 322 g/mol. The zero-order valence-corrected chi connectivity index (χ0v) is 13.8. The van der Waals surface area contributed by atoms with Gasteiger partial charge in [0.05, 0.1) is 11.9 Å². The summed E-state index contributed by atoms with van der Waals surface area (Å²) in [5, 5.41) is 3.13. The summed E-state index contributed by atoms with van der Waals surface area (Å²) < 4.78 is 24.2. The highest BCUT2D eigenvalue weighted by molar-refractivity contribution is 7.92. The second-order valence-electron chi connectivity index (χ2n) is 6.53. The maximum Gasteiger partial charge on any atom is 0.251 e. The van der Waals surface area contributed by atoms with Crippen LogP contribution < -0.4 is 9.62 Å². The summed E-state index contributed by atoms with van der Waals surface area (Å²) in [6.07, 6.45) is 6.05. The van der Waals surface area contributed by atoms with Gasteiger partial charge in [0.15, 0.2) is 0 Å². The van der Waals surface area contributed by atoms with Crippen LogP contribution in [0.2, 0.25) is 0 Å². The van der Waals surface area contributed by atoms with E-state index in [1.807, 2.05) is 0 Å². The fraction of sp³-hybridized carbons (Fsp3) is 0.562. The largest absolute Gasteiger partial charge is 0.349 e. The van der Waals surface area contributed by atoms with E-state index >= 15 is 0 Å². The molecule has 3 rings (SSSR count). The molecule has 2 aliphatic rings. The molecule has 0 aromatic heterocycles. The van der Waals surface area contributed by atoms with Crippen LogP contribution in [0, 0.1) is 11.8 Å². The first-order valence-electron chi connectivity index (χ1n) is 7.69. The van der Waals surface area contributed by atoms with Crippen LogP contribution in [-0.2, 0) is 10.0 Å². The SMILES string of the molecule is CN(c1ccc(C(=O)N[C@@H]2C[C@@H]3CC[C@@H]2C3)cc1)S(C)(=O)=O. The second-order valence-corrected chi connectivity index (χ2v) is 8.55. The number of fused-ring (bicyclic) bond motifs is 2. The molecule has 1 aromatic carbocycles. The number of carbonyl (C=O) groups excluding carboxylic acids is 1. The first-order valence-corrected chi connectivity index (χ1v) is 9.54. The van der Waals surface area contributed by atoms with Crippen LogP contribution in [0.1, 0.15) is 36.0 Å². The highest BCUT2D eigenvalue weighted by atomic mass is 32.2. The molecule has 0 unspecified atom stereocenters. The Labute approximate surface area is 131 Å². The van der Waals surface area contributed by atoms with Crippen molar-refractivity contribution in [3.63, 3.8) is 0 Å².